The van der Waals surface area contributed by atoms with E-state index in [4.69, 9.17) is 34.7 Å². The van der Waals surface area contributed by atoms with Gasteiger partial charge >= 0.3 is 0 Å². The maximum Gasteiger partial charge on any atom is 0.228 e. The number of alkyl halides is 2. The summed E-state index contributed by atoms with van der Waals surface area (Å²) in [7, 11) is 2.14. The van der Waals surface area contributed by atoms with Crippen molar-refractivity contribution in [3.8, 4) is 0 Å². The summed E-state index contributed by atoms with van der Waals surface area (Å²) < 4.78 is 0. The van der Waals surface area contributed by atoms with Crippen molar-refractivity contribution in [2.24, 2.45) is 17.4 Å². The largest absolute Gasteiger partial charge is 0.350 e. The van der Waals surface area contributed by atoms with E-state index in [9.17, 15) is 4.79 Å². The van der Waals surface area contributed by atoms with Crippen LogP contribution in [0, 0.1) is 5.92 Å². The van der Waals surface area contributed by atoms with Gasteiger partial charge in [-0.1, -0.05) is 38.3 Å². The second-order valence-electron chi connectivity index (χ2n) is 10.3. The fourth-order valence-corrected chi connectivity index (χ4v) is 5.74. The van der Waals surface area contributed by atoms with E-state index in [2.05, 4.69) is 59.6 Å². The highest BCUT2D eigenvalue weighted by Gasteiger charge is 2.38. The molecular formula is C25H49Cl2N7O. The van der Waals surface area contributed by atoms with Crippen molar-refractivity contribution in [1.82, 2.24) is 25.8 Å². The molecule has 1 amide bonds. The van der Waals surface area contributed by atoms with Crippen LogP contribution in [0.3, 0.4) is 0 Å². The Morgan fingerprint density at radius 2 is 1.89 bits per heavy atom. The zero-order chi connectivity index (χ0) is 26.0. The number of hydrogen-bond donors (Lipinski definition) is 5. The normalized spacial score (nSPS) is 27.6. The van der Waals surface area contributed by atoms with Gasteiger partial charge in [0, 0.05) is 56.7 Å². The first-order valence-corrected chi connectivity index (χ1v) is 14.2. The number of piperazine rings is 1. The molecule has 35 heavy (non-hydrogen) atoms. The molecular weight excluding hydrogens is 485 g/mol. The third kappa shape index (κ3) is 10.1. The summed E-state index contributed by atoms with van der Waals surface area (Å²) in [4.78, 5) is 18.5. The highest BCUT2D eigenvalue weighted by atomic mass is 35.5. The van der Waals surface area contributed by atoms with E-state index in [1.165, 1.54) is 5.57 Å². The Morgan fingerprint density at radius 3 is 2.49 bits per heavy atom. The average molecular weight is 535 g/mol. The molecule has 6 atom stereocenters. The fourth-order valence-electron chi connectivity index (χ4n) is 5.16. The van der Waals surface area contributed by atoms with Gasteiger partial charge in [0.1, 0.15) is 0 Å². The number of nitrogens with zero attached hydrogens (tertiary/aromatic N) is 2. The maximum atomic E-state index is 13.7. The first-order chi connectivity index (χ1) is 16.7. The Hall–Kier alpha value is -0.450. The smallest absolute Gasteiger partial charge is 0.228 e. The minimum absolute atomic E-state index is 0.00935. The molecule has 8 nitrogen and oxygen atoms in total. The molecule has 0 radical (unpaired) electrons. The second kappa shape index (κ2) is 15.7. The van der Waals surface area contributed by atoms with Crippen molar-refractivity contribution in [2.45, 2.75) is 88.0 Å². The molecule has 2 fully saturated rings. The van der Waals surface area contributed by atoms with Crippen molar-refractivity contribution in [1.29, 1.82) is 0 Å². The van der Waals surface area contributed by atoms with E-state index in [1.54, 1.807) is 0 Å². The number of amides is 1. The lowest BCUT2D eigenvalue weighted by molar-refractivity contribution is -0.127. The molecule has 7 N–H and O–H groups in total. The van der Waals surface area contributed by atoms with Crippen LogP contribution in [0.15, 0.2) is 11.6 Å². The topological polar surface area (TPSA) is 112 Å². The number of carbonyl (C=O) groups is 1. The first kappa shape index (κ1) is 30.8. The van der Waals surface area contributed by atoms with Crippen molar-refractivity contribution in [2.75, 3.05) is 46.3 Å². The van der Waals surface area contributed by atoms with Crippen molar-refractivity contribution in [3.63, 3.8) is 0 Å². The molecule has 204 valence electrons. The quantitative estimate of drug-likeness (QED) is 0.106. The summed E-state index contributed by atoms with van der Waals surface area (Å²) in [6.07, 6.45) is 5.99. The Morgan fingerprint density at radius 1 is 1.20 bits per heavy atom. The van der Waals surface area contributed by atoms with Gasteiger partial charge in [-0.05, 0) is 33.2 Å². The number of nitrogens with two attached hydrogens (primary N) is 2. The number of halogens is 2. The predicted octanol–water partition coefficient (Wildman–Crippen LogP) is 1.62. The van der Waals surface area contributed by atoms with Crippen LogP contribution in [-0.2, 0) is 4.79 Å². The van der Waals surface area contributed by atoms with E-state index >= 15 is 0 Å². The van der Waals surface area contributed by atoms with Gasteiger partial charge in [-0.2, -0.15) is 0 Å². The van der Waals surface area contributed by atoms with Crippen molar-refractivity contribution >= 4 is 29.1 Å². The SMILES string of the molecule is CCCC(C)=CC(NCC(Cl)CCC)C(C(=O)NC1CNC(Cl)CC1N1CCN(C)CC1)C(N)N. The summed E-state index contributed by atoms with van der Waals surface area (Å²) >= 11 is 13.0. The molecule has 0 aromatic rings. The standard InChI is InChI=1S/C25H49Cl2N7O/c1-5-7-17(3)13-19(30-15-18(26)8-6-2)23(24(28)29)25(35)32-20-16-31-22(27)14-21(20)34-11-9-33(4)10-12-34/h13,18-24,30-31H,5-12,14-16,28-29H2,1-4H3,(H,32,35). The lowest BCUT2D eigenvalue weighted by Gasteiger charge is -2.45. The van der Waals surface area contributed by atoms with Crippen LogP contribution in [0.5, 0.6) is 0 Å². The summed E-state index contributed by atoms with van der Waals surface area (Å²) in [6.45, 7) is 11.5. The molecule has 0 bridgehead atoms. The zero-order valence-electron chi connectivity index (χ0n) is 22.1. The molecule has 2 saturated heterocycles. The number of piperidine rings is 1. The number of rotatable bonds is 13. The van der Waals surface area contributed by atoms with Crippen LogP contribution >= 0.6 is 23.2 Å². The monoisotopic (exact) mass is 533 g/mol. The highest BCUT2D eigenvalue weighted by molar-refractivity contribution is 6.20. The van der Waals surface area contributed by atoms with E-state index in [0.717, 1.165) is 58.3 Å². The molecule has 0 aromatic carbocycles. The van der Waals surface area contributed by atoms with Gasteiger partial charge in [0.25, 0.3) is 0 Å². The Kier molecular flexibility index (Phi) is 13.8. The van der Waals surface area contributed by atoms with Crippen LogP contribution in [-0.4, -0.2) is 97.2 Å². The van der Waals surface area contributed by atoms with Gasteiger partial charge in [0.2, 0.25) is 5.91 Å². The summed E-state index contributed by atoms with van der Waals surface area (Å²) in [6, 6.07) is -0.185. The molecule has 2 rings (SSSR count). The first-order valence-electron chi connectivity index (χ1n) is 13.3. The molecule has 6 unspecified atom stereocenters. The van der Waals surface area contributed by atoms with Gasteiger partial charge in [0.15, 0.2) is 0 Å². The van der Waals surface area contributed by atoms with Crippen LogP contribution in [0.1, 0.15) is 52.9 Å². The summed E-state index contributed by atoms with van der Waals surface area (Å²) in [5.41, 5.74) is 13.6. The van der Waals surface area contributed by atoms with E-state index in [-0.39, 0.29) is 34.9 Å². The molecule has 2 aliphatic rings. The number of hydrogen-bond acceptors (Lipinski definition) is 7. The van der Waals surface area contributed by atoms with E-state index < -0.39 is 12.1 Å². The second-order valence-corrected chi connectivity index (χ2v) is 11.5. The van der Waals surface area contributed by atoms with Crippen LogP contribution < -0.4 is 27.4 Å². The maximum absolute atomic E-state index is 13.7. The van der Waals surface area contributed by atoms with Crippen LogP contribution in [0.2, 0.25) is 0 Å². The van der Waals surface area contributed by atoms with E-state index in [1.807, 2.05) is 0 Å². The Bertz CT molecular complexity index is 658. The lowest BCUT2D eigenvalue weighted by Crippen LogP contribution is -2.66. The van der Waals surface area contributed by atoms with Gasteiger partial charge < -0.3 is 27.0 Å². The predicted molar refractivity (Wildman–Crippen MR) is 148 cm³/mol. The lowest BCUT2D eigenvalue weighted by atomic mass is 9.91. The van der Waals surface area contributed by atoms with Gasteiger partial charge in [-0.3, -0.25) is 15.0 Å². The van der Waals surface area contributed by atoms with Crippen molar-refractivity contribution in [3.05, 3.63) is 11.6 Å². The zero-order valence-corrected chi connectivity index (χ0v) is 23.6. The number of allylic oxidation sites excluding steroid dienone is 1. The number of likely N-dealkylation sites (N-methyl/N-ethyl adjacent to an activating group) is 1. The molecule has 2 heterocycles. The van der Waals surface area contributed by atoms with Crippen LogP contribution in [0.4, 0.5) is 0 Å². The molecule has 2 aliphatic heterocycles. The van der Waals surface area contributed by atoms with E-state index in [0.29, 0.717) is 13.1 Å². The Labute approximate surface area is 222 Å². The third-order valence-electron chi connectivity index (χ3n) is 7.20. The third-order valence-corrected chi connectivity index (χ3v) is 7.90. The minimum atomic E-state index is -0.808. The molecule has 0 aromatic heterocycles. The van der Waals surface area contributed by atoms with Crippen LogP contribution in [0.25, 0.3) is 0 Å². The molecule has 0 spiro atoms. The fraction of sp³-hybridized carbons (Fsp3) is 0.880. The average Bonchev–Trinajstić information content (AvgIpc) is 2.79. The van der Waals surface area contributed by atoms with Gasteiger partial charge in [0.05, 0.1) is 23.6 Å². The highest BCUT2D eigenvalue weighted by Crippen LogP contribution is 2.21. The van der Waals surface area contributed by atoms with Crippen molar-refractivity contribution < 1.29 is 4.79 Å². The minimum Gasteiger partial charge on any atom is -0.350 e. The summed E-state index contributed by atoms with van der Waals surface area (Å²) in [5.74, 6) is -0.743. The number of nitrogens with one attached hydrogen (secondary N) is 3. The summed E-state index contributed by atoms with van der Waals surface area (Å²) in [5, 5.41) is 10.1. The molecule has 10 heteroatoms. The van der Waals surface area contributed by atoms with Gasteiger partial charge in [-0.15, -0.1) is 23.2 Å². The number of carbonyl (C=O) groups excluding carboxylic acids is 1. The molecule has 0 aliphatic carbocycles. The van der Waals surface area contributed by atoms with Gasteiger partial charge in [-0.25, -0.2) is 0 Å². The Balaban J connectivity index is 2.18. The molecule has 0 saturated carbocycles.